The van der Waals surface area contributed by atoms with Crippen molar-refractivity contribution >= 4 is 17.7 Å². The molecule has 2 aromatic rings. The number of amides is 1. The predicted molar refractivity (Wildman–Crippen MR) is 94.2 cm³/mol. The molecule has 8 nitrogen and oxygen atoms in total. The van der Waals surface area contributed by atoms with E-state index in [4.69, 9.17) is 4.74 Å². The Kier molecular flexibility index (Phi) is 6.11. The molecule has 1 aromatic heterocycles. The normalized spacial score (nSPS) is 11.0. The summed E-state index contributed by atoms with van der Waals surface area (Å²) in [6, 6.07) is 3.98. The molecular formula is C17H17F2N3O5. The van der Waals surface area contributed by atoms with E-state index in [-0.39, 0.29) is 22.7 Å². The lowest BCUT2D eigenvalue weighted by Gasteiger charge is -2.11. The molecule has 27 heavy (non-hydrogen) atoms. The molecule has 0 saturated carbocycles. The van der Waals surface area contributed by atoms with Crippen LogP contribution in [0.15, 0.2) is 40.1 Å². The van der Waals surface area contributed by atoms with Crippen molar-refractivity contribution in [1.82, 2.24) is 9.13 Å². The van der Waals surface area contributed by atoms with Crippen LogP contribution in [0.25, 0.3) is 6.08 Å². The average Bonchev–Trinajstić information content (AvgIpc) is 2.61. The predicted octanol–water partition coefficient (Wildman–Crippen LogP) is 1.35. The van der Waals surface area contributed by atoms with Crippen molar-refractivity contribution in [1.29, 1.82) is 0 Å². The van der Waals surface area contributed by atoms with Crippen LogP contribution in [0.1, 0.15) is 5.56 Å². The zero-order valence-corrected chi connectivity index (χ0v) is 14.7. The number of nitrogens with one attached hydrogen (secondary N) is 1. The lowest BCUT2D eigenvalue weighted by Crippen LogP contribution is -2.37. The van der Waals surface area contributed by atoms with Crippen LogP contribution in [0.2, 0.25) is 0 Å². The number of anilines is 1. The number of methoxy groups -OCH3 is 1. The molecule has 1 amide bonds. The molecule has 1 heterocycles. The third kappa shape index (κ3) is 4.81. The number of halogens is 2. The molecule has 0 bridgehead atoms. The van der Waals surface area contributed by atoms with Crippen molar-refractivity contribution in [3.63, 3.8) is 0 Å². The molecule has 1 N–H and O–H groups in total. The number of aryl methyl sites for hydroxylation is 1. The van der Waals surface area contributed by atoms with Crippen LogP contribution >= 0.6 is 0 Å². The maximum absolute atomic E-state index is 12.4. The Balaban J connectivity index is 2.20. The van der Waals surface area contributed by atoms with Gasteiger partial charge in [-0.2, -0.15) is 8.78 Å². The van der Waals surface area contributed by atoms with E-state index in [1.807, 2.05) is 0 Å². The molecule has 0 unspecified atom stereocenters. The van der Waals surface area contributed by atoms with Crippen LogP contribution in [0.5, 0.6) is 11.5 Å². The monoisotopic (exact) mass is 381 g/mol. The highest BCUT2D eigenvalue weighted by Gasteiger charge is 2.12. The van der Waals surface area contributed by atoms with Crippen LogP contribution in [-0.4, -0.2) is 28.8 Å². The molecule has 0 aliphatic rings. The maximum Gasteiger partial charge on any atom is 0.387 e. The van der Waals surface area contributed by atoms with Gasteiger partial charge in [0.05, 0.1) is 12.7 Å². The Bertz CT molecular complexity index is 995. The van der Waals surface area contributed by atoms with Crippen molar-refractivity contribution in [2.75, 3.05) is 12.4 Å². The van der Waals surface area contributed by atoms with Crippen LogP contribution < -0.4 is 26.0 Å². The number of rotatable bonds is 6. The highest BCUT2D eigenvalue weighted by Crippen LogP contribution is 2.31. The Labute approximate surface area is 152 Å². The topological polar surface area (TPSA) is 91.6 Å². The van der Waals surface area contributed by atoms with E-state index < -0.39 is 23.8 Å². The van der Waals surface area contributed by atoms with Gasteiger partial charge in [-0.25, -0.2) is 4.79 Å². The number of aromatic nitrogens is 2. The summed E-state index contributed by atoms with van der Waals surface area (Å²) in [5, 5.41) is 2.45. The van der Waals surface area contributed by atoms with Gasteiger partial charge in [-0.15, -0.1) is 0 Å². The van der Waals surface area contributed by atoms with Crippen LogP contribution in [0.3, 0.4) is 0 Å². The molecule has 0 fully saturated rings. The molecule has 0 spiro atoms. The van der Waals surface area contributed by atoms with Crippen molar-refractivity contribution in [2.45, 2.75) is 6.61 Å². The molecule has 0 atom stereocenters. The Morgan fingerprint density at radius 2 is 1.93 bits per heavy atom. The number of carbonyl (C=O) groups excluding carboxylic acids is 1. The van der Waals surface area contributed by atoms with E-state index in [9.17, 15) is 23.2 Å². The molecule has 0 aliphatic heterocycles. The van der Waals surface area contributed by atoms with Crippen molar-refractivity contribution in [2.24, 2.45) is 14.1 Å². The van der Waals surface area contributed by atoms with Crippen molar-refractivity contribution in [3.8, 4) is 11.5 Å². The molecular weight excluding hydrogens is 364 g/mol. The number of alkyl halides is 2. The number of hydrogen-bond donors (Lipinski definition) is 1. The summed E-state index contributed by atoms with van der Waals surface area (Å²) >= 11 is 0. The minimum Gasteiger partial charge on any atom is -0.493 e. The fraction of sp³-hybridized carbons (Fsp3) is 0.235. The molecule has 0 radical (unpaired) electrons. The SMILES string of the molecule is COc1ccc(NC(=O)/C=C/c2cn(C)c(=O)n(C)c2=O)cc1OC(F)F. The van der Waals surface area contributed by atoms with E-state index in [0.29, 0.717) is 0 Å². The Morgan fingerprint density at radius 3 is 2.56 bits per heavy atom. The largest absolute Gasteiger partial charge is 0.493 e. The Morgan fingerprint density at radius 1 is 1.22 bits per heavy atom. The van der Waals surface area contributed by atoms with Gasteiger partial charge in [-0.3, -0.25) is 14.2 Å². The summed E-state index contributed by atoms with van der Waals surface area (Å²) in [6.07, 6.45) is 3.63. The quantitative estimate of drug-likeness (QED) is 0.763. The number of benzene rings is 1. The zero-order chi connectivity index (χ0) is 20.1. The summed E-state index contributed by atoms with van der Waals surface area (Å²) in [6.45, 7) is -3.05. The molecule has 0 saturated heterocycles. The van der Waals surface area contributed by atoms with E-state index >= 15 is 0 Å². The number of nitrogens with zero attached hydrogens (tertiary/aromatic N) is 2. The lowest BCUT2D eigenvalue weighted by atomic mass is 10.2. The van der Waals surface area contributed by atoms with Gasteiger partial charge in [0.25, 0.3) is 5.56 Å². The van der Waals surface area contributed by atoms with Crippen LogP contribution in [0.4, 0.5) is 14.5 Å². The van der Waals surface area contributed by atoms with E-state index in [0.717, 1.165) is 10.6 Å². The second kappa shape index (κ2) is 8.30. The summed E-state index contributed by atoms with van der Waals surface area (Å²) in [4.78, 5) is 35.7. The second-order valence-corrected chi connectivity index (χ2v) is 5.41. The van der Waals surface area contributed by atoms with Gasteiger partial charge in [0.15, 0.2) is 11.5 Å². The molecule has 0 aliphatic carbocycles. The molecule has 2 rings (SSSR count). The summed E-state index contributed by atoms with van der Waals surface area (Å²) < 4.78 is 36.2. The van der Waals surface area contributed by atoms with Crippen LogP contribution in [-0.2, 0) is 18.9 Å². The number of carbonyl (C=O) groups is 1. The van der Waals surface area contributed by atoms with Gasteiger partial charge in [0.1, 0.15) is 0 Å². The summed E-state index contributed by atoms with van der Waals surface area (Å²) in [7, 11) is 4.09. The van der Waals surface area contributed by atoms with Gasteiger partial charge in [0.2, 0.25) is 5.91 Å². The minimum atomic E-state index is -3.05. The fourth-order valence-corrected chi connectivity index (χ4v) is 2.24. The zero-order valence-electron chi connectivity index (χ0n) is 14.7. The average molecular weight is 381 g/mol. The fourth-order valence-electron chi connectivity index (χ4n) is 2.24. The second-order valence-electron chi connectivity index (χ2n) is 5.41. The van der Waals surface area contributed by atoms with Crippen molar-refractivity contribution < 1.29 is 23.0 Å². The molecule has 144 valence electrons. The van der Waals surface area contributed by atoms with Gasteiger partial charge >= 0.3 is 12.3 Å². The van der Waals surface area contributed by atoms with Crippen LogP contribution in [0, 0.1) is 0 Å². The first-order valence-electron chi connectivity index (χ1n) is 7.61. The first kappa shape index (κ1) is 19.9. The number of hydrogen-bond acceptors (Lipinski definition) is 5. The number of ether oxygens (including phenoxy) is 2. The highest BCUT2D eigenvalue weighted by molar-refractivity contribution is 6.02. The third-order valence-electron chi connectivity index (χ3n) is 3.53. The lowest BCUT2D eigenvalue weighted by molar-refractivity contribution is -0.111. The van der Waals surface area contributed by atoms with E-state index in [1.165, 1.54) is 56.2 Å². The van der Waals surface area contributed by atoms with Gasteiger partial charge < -0.3 is 19.4 Å². The summed E-state index contributed by atoms with van der Waals surface area (Å²) in [5.74, 6) is -0.766. The first-order chi connectivity index (χ1) is 12.7. The van der Waals surface area contributed by atoms with E-state index in [2.05, 4.69) is 10.1 Å². The highest BCUT2D eigenvalue weighted by atomic mass is 19.3. The third-order valence-corrected chi connectivity index (χ3v) is 3.53. The molecule has 1 aromatic carbocycles. The standard InChI is InChI=1S/C17H17F2N3O5/c1-21-9-10(15(24)22(2)17(21)25)4-7-14(23)20-11-5-6-12(26-3)13(8-11)27-16(18)19/h4-9,16H,1-3H3,(H,20,23)/b7-4+. The smallest absolute Gasteiger partial charge is 0.387 e. The van der Waals surface area contributed by atoms with Gasteiger partial charge in [0, 0.05) is 38.1 Å². The van der Waals surface area contributed by atoms with Gasteiger partial charge in [-0.05, 0) is 18.2 Å². The van der Waals surface area contributed by atoms with E-state index in [1.54, 1.807) is 0 Å². The molecule has 10 heteroatoms. The Hall–Kier alpha value is -3.43. The maximum atomic E-state index is 12.4. The van der Waals surface area contributed by atoms with Gasteiger partial charge in [-0.1, -0.05) is 0 Å². The summed E-state index contributed by atoms with van der Waals surface area (Å²) in [5.41, 5.74) is -0.730. The minimum absolute atomic E-state index is 0.0811. The van der Waals surface area contributed by atoms with Crippen molar-refractivity contribution in [3.05, 3.63) is 56.9 Å². The first-order valence-corrected chi connectivity index (χ1v) is 7.61.